The maximum absolute atomic E-state index is 11.9. The molecule has 2 atom stereocenters. The minimum atomic E-state index is 0.214. The van der Waals surface area contributed by atoms with Crippen LogP contribution in [0.4, 0.5) is 0 Å². The number of amides is 1. The van der Waals surface area contributed by atoms with E-state index in [1.54, 1.807) is 0 Å². The van der Waals surface area contributed by atoms with Crippen LogP contribution in [-0.4, -0.2) is 29.9 Å². The lowest BCUT2D eigenvalue weighted by Crippen LogP contribution is -2.44. The van der Waals surface area contributed by atoms with Crippen molar-refractivity contribution in [1.29, 1.82) is 0 Å². The van der Waals surface area contributed by atoms with Crippen LogP contribution in [0.2, 0.25) is 0 Å². The van der Waals surface area contributed by atoms with E-state index >= 15 is 0 Å². The molecule has 0 aromatic heterocycles. The van der Waals surface area contributed by atoms with Crippen molar-refractivity contribution in [2.75, 3.05) is 13.1 Å². The van der Waals surface area contributed by atoms with Gasteiger partial charge in [-0.05, 0) is 32.1 Å². The molecular weight excluding hydrogens is 200 g/mol. The smallest absolute Gasteiger partial charge is 0.222 e. The molecule has 1 aliphatic heterocycles. The first-order valence-corrected chi connectivity index (χ1v) is 6.68. The van der Waals surface area contributed by atoms with Gasteiger partial charge in [0.1, 0.15) is 0 Å². The van der Waals surface area contributed by atoms with Crippen molar-refractivity contribution in [3.63, 3.8) is 0 Å². The van der Waals surface area contributed by atoms with Crippen LogP contribution in [0.25, 0.3) is 0 Å². The Hall–Kier alpha value is -0.570. The summed E-state index contributed by atoms with van der Waals surface area (Å²) in [6, 6.07) is 0.214. The molecule has 0 aromatic rings. The van der Waals surface area contributed by atoms with Crippen LogP contribution >= 0.6 is 0 Å². The highest BCUT2D eigenvalue weighted by Crippen LogP contribution is 2.19. The summed E-state index contributed by atoms with van der Waals surface area (Å²) in [5.74, 6) is 0.836. The Labute approximate surface area is 99.4 Å². The Kier molecular flexibility index (Phi) is 5.81. The first-order chi connectivity index (χ1) is 7.65. The largest absolute Gasteiger partial charge is 0.342 e. The quantitative estimate of drug-likeness (QED) is 0.730. The molecule has 0 radical (unpaired) electrons. The van der Waals surface area contributed by atoms with E-state index in [0.29, 0.717) is 11.8 Å². The third kappa shape index (κ3) is 4.12. The molecule has 2 N–H and O–H groups in total. The monoisotopic (exact) mass is 226 g/mol. The fraction of sp³-hybridized carbons (Fsp3) is 0.923. The first-order valence-electron chi connectivity index (χ1n) is 6.68. The number of hydrogen-bond donors (Lipinski definition) is 1. The first kappa shape index (κ1) is 13.5. The van der Waals surface area contributed by atoms with Gasteiger partial charge < -0.3 is 10.6 Å². The van der Waals surface area contributed by atoms with E-state index in [-0.39, 0.29) is 6.04 Å². The summed E-state index contributed by atoms with van der Waals surface area (Å²) < 4.78 is 0. The Morgan fingerprint density at radius 3 is 2.88 bits per heavy atom. The number of carbonyl (C=O) groups excluding carboxylic acids is 1. The van der Waals surface area contributed by atoms with Crippen molar-refractivity contribution < 1.29 is 4.79 Å². The van der Waals surface area contributed by atoms with Crippen LogP contribution in [0.3, 0.4) is 0 Å². The Balaban J connectivity index is 2.32. The maximum Gasteiger partial charge on any atom is 0.222 e. The lowest BCUT2D eigenvalue weighted by Gasteiger charge is -2.34. The van der Waals surface area contributed by atoms with E-state index in [1.165, 1.54) is 12.8 Å². The lowest BCUT2D eigenvalue weighted by atomic mass is 9.92. The molecule has 0 spiro atoms. The molecule has 1 aliphatic rings. The van der Waals surface area contributed by atoms with E-state index in [4.69, 9.17) is 5.73 Å². The Bertz CT molecular complexity index is 216. The minimum absolute atomic E-state index is 0.214. The van der Waals surface area contributed by atoms with Crippen LogP contribution in [0.1, 0.15) is 52.4 Å². The van der Waals surface area contributed by atoms with Gasteiger partial charge in [0.25, 0.3) is 0 Å². The molecule has 94 valence electrons. The number of piperidine rings is 1. The predicted molar refractivity (Wildman–Crippen MR) is 67.1 cm³/mol. The van der Waals surface area contributed by atoms with Crippen LogP contribution in [0, 0.1) is 5.92 Å². The average molecular weight is 226 g/mol. The van der Waals surface area contributed by atoms with Crippen molar-refractivity contribution in [2.45, 2.75) is 58.4 Å². The molecule has 16 heavy (non-hydrogen) atoms. The summed E-state index contributed by atoms with van der Waals surface area (Å²) in [4.78, 5) is 13.9. The van der Waals surface area contributed by atoms with Gasteiger partial charge in [-0.25, -0.2) is 0 Å². The number of likely N-dealkylation sites (tertiary alicyclic amines) is 1. The number of hydrogen-bond acceptors (Lipinski definition) is 2. The molecule has 1 rings (SSSR count). The van der Waals surface area contributed by atoms with Crippen LogP contribution in [-0.2, 0) is 4.79 Å². The van der Waals surface area contributed by atoms with Crippen LogP contribution in [0.15, 0.2) is 0 Å². The van der Waals surface area contributed by atoms with Crippen LogP contribution in [0.5, 0.6) is 0 Å². The summed E-state index contributed by atoms with van der Waals surface area (Å²) in [7, 11) is 0. The zero-order valence-corrected chi connectivity index (χ0v) is 10.7. The molecular formula is C13H26N2O. The van der Waals surface area contributed by atoms with E-state index in [0.717, 1.165) is 38.8 Å². The van der Waals surface area contributed by atoms with E-state index < -0.39 is 0 Å². The molecule has 0 saturated carbocycles. The molecule has 1 fully saturated rings. The lowest BCUT2D eigenvalue weighted by molar-refractivity contribution is -0.133. The van der Waals surface area contributed by atoms with E-state index in [9.17, 15) is 4.79 Å². The van der Waals surface area contributed by atoms with Gasteiger partial charge in [-0.1, -0.05) is 19.8 Å². The van der Waals surface area contributed by atoms with Gasteiger partial charge >= 0.3 is 0 Å². The van der Waals surface area contributed by atoms with Gasteiger partial charge in [-0.3, -0.25) is 4.79 Å². The van der Waals surface area contributed by atoms with Gasteiger partial charge in [-0.2, -0.15) is 0 Å². The van der Waals surface area contributed by atoms with E-state index in [1.807, 2.05) is 4.90 Å². The number of carbonyl (C=O) groups is 1. The Morgan fingerprint density at radius 1 is 1.50 bits per heavy atom. The summed E-state index contributed by atoms with van der Waals surface area (Å²) in [6.07, 6.45) is 6.39. The third-order valence-corrected chi connectivity index (χ3v) is 3.55. The molecule has 3 nitrogen and oxygen atoms in total. The molecule has 1 amide bonds. The second-order valence-corrected chi connectivity index (χ2v) is 5.06. The molecule has 1 saturated heterocycles. The summed E-state index contributed by atoms with van der Waals surface area (Å²) in [5, 5.41) is 0. The van der Waals surface area contributed by atoms with Gasteiger partial charge in [0, 0.05) is 25.6 Å². The molecule has 0 aromatic carbocycles. The summed E-state index contributed by atoms with van der Waals surface area (Å²) in [5.41, 5.74) is 5.91. The standard InChI is InChI=1S/C13H26N2O/c1-3-4-5-8-13(16)15-9-6-7-12(10-15)11(2)14/h11-12H,3-10,14H2,1-2H3. The van der Waals surface area contributed by atoms with Gasteiger partial charge in [0.2, 0.25) is 5.91 Å². The fourth-order valence-corrected chi connectivity index (χ4v) is 2.35. The fourth-order valence-electron chi connectivity index (χ4n) is 2.35. The average Bonchev–Trinajstić information content (AvgIpc) is 2.29. The normalized spacial score (nSPS) is 23.2. The van der Waals surface area contributed by atoms with Crippen molar-refractivity contribution in [2.24, 2.45) is 11.7 Å². The zero-order chi connectivity index (χ0) is 12.0. The minimum Gasteiger partial charge on any atom is -0.342 e. The van der Waals surface area contributed by atoms with Gasteiger partial charge in [-0.15, -0.1) is 0 Å². The van der Waals surface area contributed by atoms with Crippen molar-refractivity contribution >= 4 is 5.91 Å². The molecule has 0 bridgehead atoms. The van der Waals surface area contributed by atoms with Crippen molar-refractivity contribution in [3.8, 4) is 0 Å². The van der Waals surface area contributed by atoms with Crippen molar-refractivity contribution in [1.82, 2.24) is 4.90 Å². The number of rotatable bonds is 5. The number of nitrogens with zero attached hydrogens (tertiary/aromatic N) is 1. The molecule has 0 aliphatic carbocycles. The van der Waals surface area contributed by atoms with Gasteiger partial charge in [0.05, 0.1) is 0 Å². The molecule has 3 heteroatoms. The number of unbranched alkanes of at least 4 members (excludes halogenated alkanes) is 2. The summed E-state index contributed by atoms with van der Waals surface area (Å²) >= 11 is 0. The maximum atomic E-state index is 11.9. The van der Waals surface area contributed by atoms with Gasteiger partial charge in [0.15, 0.2) is 0 Å². The SMILES string of the molecule is CCCCCC(=O)N1CCCC(C(C)N)C1. The molecule has 1 heterocycles. The Morgan fingerprint density at radius 2 is 2.25 bits per heavy atom. The summed E-state index contributed by atoms with van der Waals surface area (Å²) in [6.45, 7) is 6.03. The highest BCUT2D eigenvalue weighted by atomic mass is 16.2. The van der Waals surface area contributed by atoms with Crippen LogP contribution < -0.4 is 5.73 Å². The second-order valence-electron chi connectivity index (χ2n) is 5.06. The predicted octanol–water partition coefficient (Wildman–Crippen LogP) is 2.15. The molecule has 2 unspecified atom stereocenters. The highest BCUT2D eigenvalue weighted by molar-refractivity contribution is 5.76. The topological polar surface area (TPSA) is 46.3 Å². The highest BCUT2D eigenvalue weighted by Gasteiger charge is 2.25. The zero-order valence-electron chi connectivity index (χ0n) is 10.7. The van der Waals surface area contributed by atoms with E-state index in [2.05, 4.69) is 13.8 Å². The van der Waals surface area contributed by atoms with Crippen molar-refractivity contribution in [3.05, 3.63) is 0 Å². The third-order valence-electron chi connectivity index (χ3n) is 3.55. The second kappa shape index (κ2) is 6.89. The number of nitrogens with two attached hydrogens (primary N) is 1.